The molecule has 0 unspecified atom stereocenters. The van der Waals surface area contributed by atoms with Gasteiger partial charge in [0, 0.05) is 0 Å². The van der Waals surface area contributed by atoms with Crippen LogP contribution in [0.4, 0.5) is 96.6 Å². The summed E-state index contributed by atoms with van der Waals surface area (Å²) in [6.07, 6.45) is -32.6. The van der Waals surface area contributed by atoms with Gasteiger partial charge in [0.15, 0.2) is 0 Å². The van der Waals surface area contributed by atoms with Crippen LogP contribution in [-0.2, 0) is 4.74 Å². The van der Waals surface area contributed by atoms with Gasteiger partial charge in [-0.05, 0) is 0 Å². The number of alkyl halides is 22. The molecular formula is C10F22O. The Hall–Kier alpha value is -1.58. The molecule has 0 aromatic carbocycles. The third kappa shape index (κ3) is 4.21. The zero-order valence-electron chi connectivity index (χ0n) is 13.7. The molecule has 1 nitrogen and oxygen atoms in total. The van der Waals surface area contributed by atoms with Crippen molar-refractivity contribution in [3.05, 3.63) is 0 Å². The maximum atomic E-state index is 13.0. The molecule has 0 heterocycles. The molecular weight excluding hydrogens is 554 g/mol. The van der Waals surface area contributed by atoms with Gasteiger partial charge in [-0.25, -0.2) is 4.74 Å². The van der Waals surface area contributed by atoms with Gasteiger partial charge in [0.05, 0.1) is 0 Å². The summed E-state index contributed by atoms with van der Waals surface area (Å²) >= 11 is 0. The maximum Gasteiger partial charge on any atom is 0.460 e. The molecule has 0 atom stereocenters. The minimum absolute atomic E-state index is 0.830. The monoisotopic (exact) mass is 554 g/mol. The largest absolute Gasteiger partial charge is 0.460 e. The van der Waals surface area contributed by atoms with Crippen molar-refractivity contribution in [2.45, 2.75) is 60.1 Å². The van der Waals surface area contributed by atoms with Crippen LogP contribution in [0.25, 0.3) is 0 Å². The second-order valence-corrected chi connectivity index (χ2v) is 5.58. The summed E-state index contributed by atoms with van der Waals surface area (Å²) in [5, 5.41) is 0. The summed E-state index contributed by atoms with van der Waals surface area (Å²) in [5.41, 5.74) is 0. The van der Waals surface area contributed by atoms with Crippen molar-refractivity contribution in [3.8, 4) is 0 Å². The van der Waals surface area contributed by atoms with Crippen LogP contribution in [0.2, 0.25) is 0 Å². The quantitative estimate of drug-likeness (QED) is 0.291. The molecule has 200 valence electrons. The van der Waals surface area contributed by atoms with Crippen LogP contribution >= 0.6 is 0 Å². The predicted octanol–water partition coefficient (Wildman–Crippen LogP) is 7.13. The van der Waals surface area contributed by atoms with Crippen LogP contribution in [0.5, 0.6) is 0 Å². The van der Waals surface area contributed by atoms with E-state index >= 15 is 0 Å². The Balaban J connectivity index is 6.61. The fourth-order valence-corrected chi connectivity index (χ4v) is 1.41. The van der Waals surface area contributed by atoms with E-state index in [1.165, 1.54) is 0 Å². The Morgan fingerprint density at radius 1 is 0.242 bits per heavy atom. The van der Waals surface area contributed by atoms with E-state index in [1.807, 2.05) is 0 Å². The Morgan fingerprint density at radius 3 is 0.667 bits per heavy atom. The number of halogens is 22. The Bertz CT molecular complexity index is 708. The van der Waals surface area contributed by atoms with Crippen molar-refractivity contribution in [3.63, 3.8) is 0 Å². The molecule has 0 bridgehead atoms. The van der Waals surface area contributed by atoms with Crippen molar-refractivity contribution in [1.82, 2.24) is 0 Å². The van der Waals surface area contributed by atoms with Crippen molar-refractivity contribution in [1.29, 1.82) is 0 Å². The van der Waals surface area contributed by atoms with Gasteiger partial charge in [-0.15, -0.1) is 0 Å². The molecule has 0 N–H and O–H groups in total. The average Bonchev–Trinajstić information content (AvgIpc) is 2.50. The number of ether oxygens (including phenoxy) is 1. The first-order chi connectivity index (χ1) is 13.7. The van der Waals surface area contributed by atoms with Gasteiger partial charge >= 0.3 is 60.1 Å². The third-order valence-corrected chi connectivity index (χ3v) is 3.28. The lowest BCUT2D eigenvalue weighted by Crippen LogP contribution is -2.72. The molecule has 0 spiro atoms. The molecule has 0 amide bonds. The average molecular weight is 554 g/mol. The smallest absolute Gasteiger partial charge is 0.245 e. The van der Waals surface area contributed by atoms with Crippen molar-refractivity contribution >= 4 is 0 Å². The first kappa shape index (κ1) is 31.4. The molecule has 0 aliphatic heterocycles. The summed E-state index contributed by atoms with van der Waals surface area (Å²) in [6.45, 7) is 0. The van der Waals surface area contributed by atoms with Crippen LogP contribution < -0.4 is 0 Å². The van der Waals surface area contributed by atoms with E-state index in [1.54, 1.807) is 0 Å². The van der Waals surface area contributed by atoms with E-state index < -0.39 is 60.1 Å². The van der Waals surface area contributed by atoms with E-state index in [0.29, 0.717) is 0 Å². The minimum Gasteiger partial charge on any atom is -0.245 e. The van der Waals surface area contributed by atoms with E-state index in [0.717, 1.165) is 4.74 Å². The maximum absolute atomic E-state index is 13.0. The van der Waals surface area contributed by atoms with Crippen molar-refractivity contribution in [2.75, 3.05) is 0 Å². The standard InChI is InChI=1S/C10F22O/c11-1(12,3(15,16)7(23,24)25)2(13,14)5(19,20)9(29,30)33-10(31,32)6(21,22)4(17,18)8(26,27)28. The molecule has 0 aromatic heterocycles. The summed E-state index contributed by atoms with van der Waals surface area (Å²) in [5.74, 6) is -51.4. The van der Waals surface area contributed by atoms with Gasteiger partial charge in [-0.1, -0.05) is 0 Å². The highest BCUT2D eigenvalue weighted by Gasteiger charge is 2.93. The first-order valence-electron chi connectivity index (χ1n) is 6.57. The number of hydrogen-bond acceptors (Lipinski definition) is 1. The van der Waals surface area contributed by atoms with E-state index in [-0.39, 0.29) is 0 Å². The highest BCUT2D eigenvalue weighted by molar-refractivity contribution is 5.09. The van der Waals surface area contributed by atoms with E-state index in [9.17, 15) is 96.6 Å². The van der Waals surface area contributed by atoms with Crippen LogP contribution in [0.3, 0.4) is 0 Å². The summed E-state index contributed by atoms with van der Waals surface area (Å²) < 4.78 is 276. The third-order valence-electron chi connectivity index (χ3n) is 3.28. The lowest BCUT2D eigenvalue weighted by atomic mass is 9.97. The Labute approximate surface area is 163 Å². The molecule has 0 aliphatic rings. The van der Waals surface area contributed by atoms with Crippen LogP contribution in [0, 0.1) is 0 Å². The van der Waals surface area contributed by atoms with Gasteiger partial charge in [-0.2, -0.15) is 96.6 Å². The summed E-state index contributed by atoms with van der Waals surface area (Å²) in [6, 6.07) is 0. The van der Waals surface area contributed by atoms with E-state index in [2.05, 4.69) is 0 Å². The normalized spacial score (nSPS) is 16.9. The summed E-state index contributed by atoms with van der Waals surface area (Å²) in [7, 11) is 0. The van der Waals surface area contributed by atoms with Gasteiger partial charge in [-0.3, -0.25) is 0 Å². The molecule has 0 saturated carbocycles. The van der Waals surface area contributed by atoms with Crippen LogP contribution in [0.15, 0.2) is 0 Å². The molecule has 0 saturated heterocycles. The molecule has 23 heteroatoms. The number of hydrogen-bond donors (Lipinski definition) is 0. The molecule has 0 rings (SSSR count). The topological polar surface area (TPSA) is 9.23 Å². The van der Waals surface area contributed by atoms with Crippen LogP contribution in [0.1, 0.15) is 0 Å². The predicted molar refractivity (Wildman–Crippen MR) is 52.8 cm³/mol. The zero-order valence-corrected chi connectivity index (χ0v) is 13.7. The van der Waals surface area contributed by atoms with Crippen molar-refractivity contribution in [2.24, 2.45) is 0 Å². The lowest BCUT2D eigenvalue weighted by Gasteiger charge is -2.41. The van der Waals surface area contributed by atoms with Gasteiger partial charge < -0.3 is 0 Å². The molecule has 33 heavy (non-hydrogen) atoms. The van der Waals surface area contributed by atoms with E-state index in [4.69, 9.17) is 0 Å². The molecule has 0 aliphatic carbocycles. The molecule has 0 fully saturated rings. The van der Waals surface area contributed by atoms with Gasteiger partial charge in [0.2, 0.25) is 0 Å². The molecule has 0 aromatic rings. The lowest BCUT2D eigenvalue weighted by molar-refractivity contribution is -0.525. The summed E-state index contributed by atoms with van der Waals surface area (Å²) in [4.78, 5) is 0. The fourth-order valence-electron chi connectivity index (χ4n) is 1.41. The number of rotatable bonds is 8. The Morgan fingerprint density at radius 2 is 0.424 bits per heavy atom. The second kappa shape index (κ2) is 7.46. The van der Waals surface area contributed by atoms with Crippen LogP contribution in [-0.4, -0.2) is 60.1 Å². The van der Waals surface area contributed by atoms with Gasteiger partial charge in [0.1, 0.15) is 0 Å². The van der Waals surface area contributed by atoms with Crippen molar-refractivity contribution < 1.29 is 101 Å². The fraction of sp³-hybridized carbons (Fsp3) is 1.00. The zero-order chi connectivity index (χ0) is 27.7. The SMILES string of the molecule is FC(F)(F)C(F)(F)C(F)(F)C(F)(F)OC(F)(F)C(F)(F)C(F)(F)C(F)(F)C(F)(F)C(F)(F)F. The molecule has 0 radical (unpaired) electrons. The second-order valence-electron chi connectivity index (χ2n) is 5.58. The minimum atomic E-state index is -8.87. The van der Waals surface area contributed by atoms with Gasteiger partial charge in [0.25, 0.3) is 0 Å². The highest BCUT2D eigenvalue weighted by Crippen LogP contribution is 2.62. The Kier molecular flexibility index (Phi) is 7.10. The highest BCUT2D eigenvalue weighted by atomic mass is 19.4. The first-order valence-corrected chi connectivity index (χ1v) is 6.57.